The van der Waals surface area contributed by atoms with E-state index in [1.54, 1.807) is 0 Å². The number of carbonyl (C=O) groups excluding carboxylic acids is 1. The Morgan fingerprint density at radius 2 is 0.738 bits per heavy atom. The lowest BCUT2D eigenvalue weighted by atomic mass is 10.0. The molecule has 0 aliphatic carbocycles. The molecule has 0 radical (unpaired) electrons. The first-order valence-corrected chi connectivity index (χ1v) is 25.8. The summed E-state index contributed by atoms with van der Waals surface area (Å²) < 4.78 is 11.2. The van der Waals surface area contributed by atoms with E-state index in [1.165, 1.54) is 148 Å². The van der Waals surface area contributed by atoms with Crippen LogP contribution in [0.25, 0.3) is 0 Å². The van der Waals surface area contributed by atoms with Crippen LogP contribution in [0, 0.1) is 0 Å². The number of aliphatic hydroxyl groups is 1. The van der Waals surface area contributed by atoms with Crippen LogP contribution in [0.3, 0.4) is 0 Å². The Bertz CT molecular complexity index is 1120. The van der Waals surface area contributed by atoms with E-state index in [1.807, 2.05) is 0 Å². The van der Waals surface area contributed by atoms with Crippen LogP contribution in [0.2, 0.25) is 0 Å². The minimum Gasteiger partial charge on any atom is -0.457 e. The highest BCUT2D eigenvalue weighted by molar-refractivity contribution is 5.69. The average molecular weight is 847 g/mol. The third kappa shape index (κ3) is 51.6. The fraction of sp³-hybridized carbons (Fsp3) is 0.702. The third-order valence-electron chi connectivity index (χ3n) is 10.9. The van der Waals surface area contributed by atoms with Crippen molar-refractivity contribution >= 4 is 5.97 Å². The molecule has 350 valence electrons. The standard InChI is InChI=1S/C57H98O4/c1-3-5-7-9-11-13-15-17-19-21-23-25-27-28-29-31-33-35-37-39-41-43-45-47-49-51-53-60-55-56(54-58)61-57(59)52-50-48-46-44-42-40-38-36-34-32-30-26-24-22-20-18-16-14-12-10-8-6-4-2/h6,8,12,14,18,20-21,23-24,26,32,34,38,40,44,46,56,58H,3-5,7,9-11,13,15-17,19,22,25,27-31,33,35-37,39,41-43,45,47-55H2,1-2H3/b8-6-,14-12-,20-18-,23-21-,26-24-,34-32-,40-38-,46-44-. The molecule has 1 atom stereocenters. The summed E-state index contributed by atoms with van der Waals surface area (Å²) in [7, 11) is 0. The van der Waals surface area contributed by atoms with Gasteiger partial charge in [-0.15, -0.1) is 0 Å². The van der Waals surface area contributed by atoms with Crippen molar-refractivity contribution < 1.29 is 19.4 Å². The molecule has 0 aliphatic heterocycles. The SMILES string of the molecule is CC/C=C\C/C=C\C/C=C\C/C=C\C/C=C\C/C=C\C/C=C\CCCC(=O)OC(CO)COCCCCCCCCCCCCCCCC/C=C\CCCCCCCCCC. The molecular weight excluding hydrogens is 749 g/mol. The number of aliphatic hydroxyl groups excluding tert-OH is 1. The number of allylic oxidation sites excluding steroid dienone is 16. The van der Waals surface area contributed by atoms with Crippen molar-refractivity contribution in [2.75, 3.05) is 19.8 Å². The van der Waals surface area contributed by atoms with Gasteiger partial charge in [-0.25, -0.2) is 0 Å². The van der Waals surface area contributed by atoms with Gasteiger partial charge in [0.2, 0.25) is 0 Å². The number of hydrogen-bond acceptors (Lipinski definition) is 4. The Balaban J connectivity index is 3.51. The van der Waals surface area contributed by atoms with Crippen LogP contribution in [0.5, 0.6) is 0 Å². The number of unbranched alkanes of at least 4 members (excludes halogenated alkanes) is 23. The van der Waals surface area contributed by atoms with E-state index in [0.29, 0.717) is 13.0 Å². The van der Waals surface area contributed by atoms with Crippen molar-refractivity contribution in [3.05, 3.63) is 97.2 Å². The minimum atomic E-state index is -0.572. The number of carbonyl (C=O) groups is 1. The molecule has 4 nitrogen and oxygen atoms in total. The first-order chi connectivity index (χ1) is 30.2. The number of rotatable bonds is 47. The highest BCUT2D eigenvalue weighted by Gasteiger charge is 2.13. The van der Waals surface area contributed by atoms with E-state index in [2.05, 4.69) is 111 Å². The van der Waals surface area contributed by atoms with Gasteiger partial charge in [-0.2, -0.15) is 0 Å². The van der Waals surface area contributed by atoms with Crippen LogP contribution in [0.15, 0.2) is 97.2 Å². The van der Waals surface area contributed by atoms with Gasteiger partial charge in [0.05, 0.1) is 13.2 Å². The van der Waals surface area contributed by atoms with Gasteiger partial charge in [-0.05, 0) is 89.9 Å². The van der Waals surface area contributed by atoms with Crippen LogP contribution in [-0.2, 0) is 14.3 Å². The average Bonchev–Trinajstić information content (AvgIpc) is 3.27. The van der Waals surface area contributed by atoms with Gasteiger partial charge in [0.25, 0.3) is 0 Å². The molecule has 0 saturated carbocycles. The Morgan fingerprint density at radius 3 is 1.13 bits per heavy atom. The van der Waals surface area contributed by atoms with Crippen molar-refractivity contribution in [1.82, 2.24) is 0 Å². The molecule has 4 heteroatoms. The highest BCUT2D eigenvalue weighted by Crippen LogP contribution is 2.15. The molecular formula is C57H98O4. The molecule has 61 heavy (non-hydrogen) atoms. The molecule has 0 rings (SSSR count). The maximum Gasteiger partial charge on any atom is 0.306 e. The molecule has 0 aliphatic rings. The van der Waals surface area contributed by atoms with Gasteiger partial charge in [0.1, 0.15) is 6.10 Å². The second-order valence-corrected chi connectivity index (χ2v) is 16.9. The van der Waals surface area contributed by atoms with Gasteiger partial charge in [0, 0.05) is 13.0 Å². The molecule has 0 aromatic carbocycles. The molecule has 0 aromatic rings. The maximum atomic E-state index is 12.2. The van der Waals surface area contributed by atoms with E-state index < -0.39 is 6.10 Å². The van der Waals surface area contributed by atoms with Gasteiger partial charge in [-0.1, -0.05) is 233 Å². The van der Waals surface area contributed by atoms with E-state index in [9.17, 15) is 9.90 Å². The van der Waals surface area contributed by atoms with Crippen molar-refractivity contribution in [1.29, 1.82) is 0 Å². The molecule has 0 bridgehead atoms. The van der Waals surface area contributed by atoms with Gasteiger partial charge in [-0.3, -0.25) is 4.79 Å². The lowest BCUT2D eigenvalue weighted by Gasteiger charge is -2.15. The Kier molecular flexibility index (Phi) is 51.1. The van der Waals surface area contributed by atoms with Crippen LogP contribution in [0.4, 0.5) is 0 Å². The Hall–Kier alpha value is -2.69. The van der Waals surface area contributed by atoms with Crippen LogP contribution in [0.1, 0.15) is 232 Å². The summed E-state index contributed by atoms with van der Waals surface area (Å²) >= 11 is 0. The lowest BCUT2D eigenvalue weighted by molar-refractivity contribution is -0.154. The number of hydrogen-bond donors (Lipinski definition) is 1. The minimum absolute atomic E-state index is 0.199. The monoisotopic (exact) mass is 847 g/mol. The summed E-state index contributed by atoms with van der Waals surface area (Å²) in [5, 5.41) is 9.64. The van der Waals surface area contributed by atoms with E-state index >= 15 is 0 Å². The summed E-state index contributed by atoms with van der Waals surface area (Å²) in [6.07, 6.45) is 76.5. The van der Waals surface area contributed by atoms with E-state index in [0.717, 1.165) is 64.2 Å². The second kappa shape index (κ2) is 53.4. The smallest absolute Gasteiger partial charge is 0.306 e. The first kappa shape index (κ1) is 58.3. The van der Waals surface area contributed by atoms with E-state index in [4.69, 9.17) is 9.47 Å². The summed E-state index contributed by atoms with van der Waals surface area (Å²) in [5.41, 5.74) is 0. The molecule has 0 amide bonds. The van der Waals surface area contributed by atoms with Crippen LogP contribution < -0.4 is 0 Å². The zero-order valence-corrected chi connectivity index (χ0v) is 40.1. The summed E-state index contributed by atoms with van der Waals surface area (Å²) in [6, 6.07) is 0. The largest absolute Gasteiger partial charge is 0.457 e. The zero-order chi connectivity index (χ0) is 44.0. The predicted molar refractivity (Wildman–Crippen MR) is 269 cm³/mol. The zero-order valence-electron chi connectivity index (χ0n) is 40.1. The van der Waals surface area contributed by atoms with Gasteiger partial charge >= 0.3 is 5.97 Å². The molecule has 1 N–H and O–H groups in total. The number of esters is 1. The Morgan fingerprint density at radius 1 is 0.410 bits per heavy atom. The van der Waals surface area contributed by atoms with Crippen molar-refractivity contribution in [2.45, 2.75) is 238 Å². The Labute approximate surface area is 379 Å². The lowest BCUT2D eigenvalue weighted by Crippen LogP contribution is -2.27. The highest BCUT2D eigenvalue weighted by atomic mass is 16.6. The van der Waals surface area contributed by atoms with Gasteiger partial charge in [0.15, 0.2) is 0 Å². The molecule has 0 aromatic heterocycles. The summed E-state index contributed by atoms with van der Waals surface area (Å²) in [6.45, 7) is 5.18. The quantitative estimate of drug-likeness (QED) is 0.0377. The fourth-order valence-corrected chi connectivity index (χ4v) is 7.08. The normalized spacial score (nSPS) is 13.2. The molecule has 0 fully saturated rings. The second-order valence-electron chi connectivity index (χ2n) is 16.9. The summed E-state index contributed by atoms with van der Waals surface area (Å²) in [4.78, 5) is 12.2. The maximum absolute atomic E-state index is 12.2. The first-order valence-electron chi connectivity index (χ1n) is 25.8. The van der Waals surface area contributed by atoms with E-state index in [-0.39, 0.29) is 19.2 Å². The molecule has 1 unspecified atom stereocenters. The van der Waals surface area contributed by atoms with Crippen molar-refractivity contribution in [2.24, 2.45) is 0 Å². The molecule has 0 spiro atoms. The molecule has 0 saturated heterocycles. The fourth-order valence-electron chi connectivity index (χ4n) is 7.08. The third-order valence-corrected chi connectivity index (χ3v) is 10.9. The molecule has 0 heterocycles. The van der Waals surface area contributed by atoms with Gasteiger partial charge < -0.3 is 14.6 Å². The van der Waals surface area contributed by atoms with Crippen LogP contribution >= 0.6 is 0 Å². The topological polar surface area (TPSA) is 55.8 Å². The van der Waals surface area contributed by atoms with Crippen molar-refractivity contribution in [3.8, 4) is 0 Å². The number of ether oxygens (including phenoxy) is 2. The van der Waals surface area contributed by atoms with Crippen molar-refractivity contribution in [3.63, 3.8) is 0 Å². The summed E-state index contributed by atoms with van der Waals surface area (Å²) in [5.74, 6) is -0.258. The van der Waals surface area contributed by atoms with Crippen LogP contribution in [-0.4, -0.2) is 37.0 Å². The predicted octanol–water partition coefficient (Wildman–Crippen LogP) is 17.7.